The molecule has 2 aromatic carbocycles. The number of anilines is 1. The first-order chi connectivity index (χ1) is 12.2. The molecule has 0 radical (unpaired) electrons. The highest BCUT2D eigenvalue weighted by atomic mass is 35.5. The molecule has 0 aromatic heterocycles. The largest absolute Gasteiger partial charge is 0.490 e. The quantitative estimate of drug-likeness (QED) is 0.666. The van der Waals surface area contributed by atoms with Gasteiger partial charge in [-0.15, -0.1) is 0 Å². The Bertz CT molecular complexity index is 871. The van der Waals surface area contributed by atoms with Gasteiger partial charge in [0.2, 0.25) is 0 Å². The van der Waals surface area contributed by atoms with Crippen LogP contribution in [0.5, 0.6) is 11.5 Å². The number of nitriles is 1. The monoisotopic (exact) mass is 354 g/mol. The van der Waals surface area contributed by atoms with Gasteiger partial charge in [0.15, 0.2) is 11.5 Å². The number of nitrogens with one attached hydrogen (secondary N) is 1. The summed E-state index contributed by atoms with van der Waals surface area (Å²) in [6.07, 6.45) is 2.26. The standard InChI is InChI=1S/C19H15ClN2O3/c20-15-6-1-2-7-16(15)22-19(23)14(12-21)11-13-5-3-8-17-18(13)25-10-4-9-24-17/h1-3,5-8,11H,4,9-10H2,(H,22,23)/b14-11-. The van der Waals surface area contributed by atoms with Gasteiger partial charge in [0, 0.05) is 12.0 Å². The van der Waals surface area contributed by atoms with Gasteiger partial charge in [-0.05, 0) is 24.3 Å². The number of carbonyl (C=O) groups excluding carboxylic acids is 1. The van der Waals surface area contributed by atoms with Crippen molar-refractivity contribution in [2.75, 3.05) is 18.5 Å². The number of ether oxygens (including phenoxy) is 2. The van der Waals surface area contributed by atoms with E-state index in [1.807, 2.05) is 6.07 Å². The molecule has 0 atom stereocenters. The maximum absolute atomic E-state index is 12.4. The number of nitrogens with zero attached hydrogens (tertiary/aromatic N) is 1. The molecular weight excluding hydrogens is 340 g/mol. The van der Waals surface area contributed by atoms with Crippen molar-refractivity contribution in [2.45, 2.75) is 6.42 Å². The highest BCUT2D eigenvalue weighted by Gasteiger charge is 2.16. The lowest BCUT2D eigenvalue weighted by molar-refractivity contribution is -0.112. The van der Waals surface area contributed by atoms with Gasteiger partial charge in [0.05, 0.1) is 23.9 Å². The second-order valence-corrected chi connectivity index (χ2v) is 5.74. The summed E-state index contributed by atoms with van der Waals surface area (Å²) < 4.78 is 11.3. The second kappa shape index (κ2) is 7.73. The minimum atomic E-state index is -0.539. The SMILES string of the molecule is N#C/C(=C/c1cccc2c1OCCCO2)C(=O)Nc1ccccc1Cl. The Morgan fingerprint density at radius 1 is 1.16 bits per heavy atom. The first-order valence-electron chi connectivity index (χ1n) is 7.75. The van der Waals surface area contributed by atoms with Crippen molar-refractivity contribution >= 4 is 29.3 Å². The first kappa shape index (κ1) is 16.9. The third-order valence-corrected chi connectivity index (χ3v) is 3.92. The normalized spacial score (nSPS) is 13.5. The zero-order valence-corrected chi connectivity index (χ0v) is 14.0. The van der Waals surface area contributed by atoms with E-state index in [2.05, 4.69) is 5.32 Å². The average Bonchev–Trinajstić information content (AvgIpc) is 2.87. The van der Waals surface area contributed by atoms with Crippen LogP contribution in [0.25, 0.3) is 6.08 Å². The molecule has 1 N–H and O–H groups in total. The molecule has 0 fully saturated rings. The van der Waals surface area contributed by atoms with Gasteiger partial charge in [-0.3, -0.25) is 4.79 Å². The van der Waals surface area contributed by atoms with Crippen LogP contribution in [0.15, 0.2) is 48.0 Å². The van der Waals surface area contributed by atoms with Crippen molar-refractivity contribution in [3.05, 3.63) is 58.6 Å². The fourth-order valence-electron chi connectivity index (χ4n) is 2.39. The van der Waals surface area contributed by atoms with E-state index in [9.17, 15) is 10.1 Å². The van der Waals surface area contributed by atoms with E-state index >= 15 is 0 Å². The zero-order chi connectivity index (χ0) is 17.6. The summed E-state index contributed by atoms with van der Waals surface area (Å²) in [7, 11) is 0. The van der Waals surface area contributed by atoms with Gasteiger partial charge in [0.25, 0.3) is 5.91 Å². The van der Waals surface area contributed by atoms with E-state index < -0.39 is 5.91 Å². The number of para-hydroxylation sites is 2. The Balaban J connectivity index is 1.90. The van der Waals surface area contributed by atoms with Crippen molar-refractivity contribution in [3.63, 3.8) is 0 Å². The summed E-state index contributed by atoms with van der Waals surface area (Å²) in [6.45, 7) is 1.09. The molecule has 2 aromatic rings. The summed E-state index contributed by atoms with van der Waals surface area (Å²) in [5.41, 5.74) is 1.01. The third-order valence-electron chi connectivity index (χ3n) is 3.59. The van der Waals surface area contributed by atoms with Crippen LogP contribution >= 0.6 is 11.6 Å². The highest BCUT2D eigenvalue weighted by Crippen LogP contribution is 2.34. The summed E-state index contributed by atoms with van der Waals surface area (Å²) in [5, 5.41) is 12.4. The zero-order valence-electron chi connectivity index (χ0n) is 13.3. The number of rotatable bonds is 3. The lowest BCUT2D eigenvalue weighted by atomic mass is 10.1. The lowest BCUT2D eigenvalue weighted by Gasteiger charge is -2.10. The van der Waals surface area contributed by atoms with Crippen LogP contribution in [-0.2, 0) is 4.79 Å². The van der Waals surface area contributed by atoms with Crippen LogP contribution in [0.1, 0.15) is 12.0 Å². The smallest absolute Gasteiger partial charge is 0.266 e. The van der Waals surface area contributed by atoms with Crippen LogP contribution in [0.4, 0.5) is 5.69 Å². The molecule has 0 bridgehead atoms. The predicted octanol–water partition coefficient (Wildman–Crippen LogP) is 4.05. The molecule has 0 saturated carbocycles. The Morgan fingerprint density at radius 2 is 1.96 bits per heavy atom. The fourth-order valence-corrected chi connectivity index (χ4v) is 2.57. The van der Waals surface area contributed by atoms with Crippen LogP contribution in [0, 0.1) is 11.3 Å². The summed E-state index contributed by atoms with van der Waals surface area (Å²) in [4.78, 5) is 12.4. The van der Waals surface area contributed by atoms with Crippen molar-refractivity contribution in [1.82, 2.24) is 0 Å². The van der Waals surface area contributed by atoms with Crippen LogP contribution in [0.3, 0.4) is 0 Å². The maximum atomic E-state index is 12.4. The molecule has 5 nitrogen and oxygen atoms in total. The van der Waals surface area contributed by atoms with Crippen LogP contribution < -0.4 is 14.8 Å². The van der Waals surface area contributed by atoms with Gasteiger partial charge in [0.1, 0.15) is 11.6 Å². The molecule has 0 spiro atoms. The van der Waals surface area contributed by atoms with E-state index in [0.29, 0.717) is 41.0 Å². The van der Waals surface area contributed by atoms with Gasteiger partial charge in [-0.2, -0.15) is 5.26 Å². The number of amides is 1. The van der Waals surface area contributed by atoms with Crippen LogP contribution in [-0.4, -0.2) is 19.1 Å². The predicted molar refractivity (Wildman–Crippen MR) is 95.7 cm³/mol. The minimum absolute atomic E-state index is 0.0545. The number of benzene rings is 2. The number of hydrogen-bond donors (Lipinski definition) is 1. The summed E-state index contributed by atoms with van der Waals surface area (Å²) >= 11 is 6.04. The molecule has 25 heavy (non-hydrogen) atoms. The molecule has 1 aliphatic heterocycles. The van der Waals surface area contributed by atoms with E-state index in [1.54, 1.807) is 42.5 Å². The van der Waals surface area contributed by atoms with Gasteiger partial charge < -0.3 is 14.8 Å². The lowest BCUT2D eigenvalue weighted by Crippen LogP contribution is -2.13. The Hall–Kier alpha value is -2.97. The Kier molecular flexibility index (Phi) is 5.22. The number of halogens is 1. The fraction of sp³-hybridized carbons (Fsp3) is 0.158. The molecular formula is C19H15ClN2O3. The van der Waals surface area contributed by atoms with E-state index in [1.165, 1.54) is 6.08 Å². The molecule has 126 valence electrons. The molecule has 6 heteroatoms. The number of carbonyl (C=O) groups is 1. The second-order valence-electron chi connectivity index (χ2n) is 5.33. The molecule has 0 saturated heterocycles. The summed E-state index contributed by atoms with van der Waals surface area (Å²) in [5.74, 6) is 0.607. The first-order valence-corrected chi connectivity index (χ1v) is 8.13. The van der Waals surface area contributed by atoms with Crippen molar-refractivity contribution in [1.29, 1.82) is 5.26 Å². The number of fused-ring (bicyclic) bond motifs is 1. The number of hydrogen-bond acceptors (Lipinski definition) is 4. The maximum Gasteiger partial charge on any atom is 0.266 e. The topological polar surface area (TPSA) is 71.3 Å². The third kappa shape index (κ3) is 3.93. The molecule has 1 amide bonds. The van der Waals surface area contributed by atoms with Crippen LogP contribution in [0.2, 0.25) is 5.02 Å². The minimum Gasteiger partial charge on any atom is -0.490 e. The molecule has 3 rings (SSSR count). The molecule has 1 aliphatic rings. The molecule has 0 aliphatic carbocycles. The summed E-state index contributed by atoms with van der Waals surface area (Å²) in [6, 6.07) is 14.1. The average molecular weight is 355 g/mol. The van der Waals surface area contributed by atoms with Crippen molar-refractivity contribution in [3.8, 4) is 17.6 Å². The van der Waals surface area contributed by atoms with E-state index in [-0.39, 0.29) is 5.57 Å². The van der Waals surface area contributed by atoms with E-state index in [4.69, 9.17) is 21.1 Å². The van der Waals surface area contributed by atoms with Crippen molar-refractivity contribution < 1.29 is 14.3 Å². The van der Waals surface area contributed by atoms with E-state index in [0.717, 1.165) is 6.42 Å². The van der Waals surface area contributed by atoms with Gasteiger partial charge >= 0.3 is 0 Å². The highest BCUT2D eigenvalue weighted by molar-refractivity contribution is 6.34. The Morgan fingerprint density at radius 3 is 2.76 bits per heavy atom. The van der Waals surface area contributed by atoms with Gasteiger partial charge in [-0.25, -0.2) is 0 Å². The molecule has 0 unspecified atom stereocenters. The van der Waals surface area contributed by atoms with Gasteiger partial charge in [-0.1, -0.05) is 35.9 Å². The Labute approximate surface area is 150 Å². The van der Waals surface area contributed by atoms with Crippen molar-refractivity contribution in [2.24, 2.45) is 0 Å². The molecule has 1 heterocycles.